The van der Waals surface area contributed by atoms with Crippen molar-refractivity contribution in [1.29, 1.82) is 0 Å². The van der Waals surface area contributed by atoms with Gasteiger partial charge >= 0.3 is 6.85 Å². The van der Waals surface area contributed by atoms with E-state index in [0.29, 0.717) is 0 Å². The summed E-state index contributed by atoms with van der Waals surface area (Å²) in [5.74, 6) is 0. The van der Waals surface area contributed by atoms with Crippen LogP contribution in [-0.4, -0.2) is 16.0 Å². The Morgan fingerprint density at radius 1 is 0.500 bits per heavy atom. The van der Waals surface area contributed by atoms with Gasteiger partial charge in [0.25, 0.3) is 0 Å². The van der Waals surface area contributed by atoms with Crippen molar-refractivity contribution >= 4 is 94.7 Å². The highest BCUT2D eigenvalue weighted by atomic mass is 16.3. The molecule has 4 nitrogen and oxygen atoms in total. The Labute approximate surface area is 371 Å². The van der Waals surface area contributed by atoms with Gasteiger partial charge in [0.15, 0.2) is 0 Å². The molecule has 64 heavy (non-hydrogen) atoms. The summed E-state index contributed by atoms with van der Waals surface area (Å²) in [7, 11) is 0. The fraction of sp³-hybridized carbons (Fsp3) is 0.0847. The molecule has 0 fully saturated rings. The zero-order valence-corrected chi connectivity index (χ0v) is 35.6. The molecule has 0 N–H and O–H groups in total. The van der Waals surface area contributed by atoms with Crippen LogP contribution in [0.25, 0.3) is 99.0 Å². The molecule has 5 heteroatoms. The predicted octanol–water partition coefficient (Wildman–Crippen LogP) is 14.4. The summed E-state index contributed by atoms with van der Waals surface area (Å²) in [6, 6.07) is 69.9. The smallest absolute Gasteiger partial charge is 0.375 e. The third-order valence-electron chi connectivity index (χ3n) is 14.3. The van der Waals surface area contributed by atoms with Crippen molar-refractivity contribution in [3.63, 3.8) is 0 Å². The topological polar surface area (TPSA) is 26.2 Å². The van der Waals surface area contributed by atoms with E-state index in [0.717, 1.165) is 34.4 Å². The lowest BCUT2D eigenvalue weighted by Gasteiger charge is -2.40. The maximum atomic E-state index is 7.37. The highest BCUT2D eigenvalue weighted by molar-refractivity contribution is 6.93. The maximum absolute atomic E-state index is 7.37. The molecule has 5 heterocycles. The summed E-state index contributed by atoms with van der Waals surface area (Å²) in [5, 5.41) is 8.55. The third kappa shape index (κ3) is 4.95. The van der Waals surface area contributed by atoms with Crippen LogP contribution in [0.5, 0.6) is 0 Å². The second-order valence-corrected chi connectivity index (χ2v) is 17.8. The number of benzene rings is 9. The molecular formula is C59H42BN3O. The summed E-state index contributed by atoms with van der Waals surface area (Å²) >= 11 is 0. The lowest BCUT2D eigenvalue weighted by molar-refractivity contribution is 0.648. The van der Waals surface area contributed by atoms with Crippen molar-refractivity contribution in [2.24, 2.45) is 0 Å². The fourth-order valence-corrected chi connectivity index (χ4v) is 11.4. The van der Waals surface area contributed by atoms with Gasteiger partial charge in [-0.2, -0.15) is 0 Å². The van der Waals surface area contributed by atoms with Crippen molar-refractivity contribution in [3.05, 3.63) is 194 Å². The number of aromatic nitrogens is 2. The summed E-state index contributed by atoms with van der Waals surface area (Å²) in [6.07, 6.45) is 4.76. The van der Waals surface area contributed by atoms with Gasteiger partial charge in [0.2, 0.25) is 0 Å². The summed E-state index contributed by atoms with van der Waals surface area (Å²) in [4.78, 5) is 2.57. The molecule has 0 saturated carbocycles. The standard InChI is InChI=1S/C59H42BN3O/c1-2-3-5-16-37-27-30-42(31-28-37)63-51-26-15-12-23-45(51)46-36-53(61-49-24-13-10-21-43(49)44-22-11-14-25-50(44)61)55-47-33-39-19-8-9-20-40(39)35-52(47)62-57-48-34-41(38-17-6-4-7-18-38)29-32-54(48)64-59(57)60(63)56(46)58(55)62/h4,6-15,17-36H,2-3,5,16H2,1H3. The van der Waals surface area contributed by atoms with Crippen LogP contribution in [0.2, 0.25) is 0 Å². The van der Waals surface area contributed by atoms with E-state index >= 15 is 0 Å². The number of nitrogens with zero attached hydrogens (tertiary/aromatic N) is 3. The number of aryl methyl sites for hydroxylation is 1. The fourth-order valence-electron chi connectivity index (χ4n) is 11.4. The minimum absolute atomic E-state index is 0.237. The second kappa shape index (κ2) is 13.6. The molecule has 3 aromatic heterocycles. The largest absolute Gasteiger partial charge is 0.466 e. The van der Waals surface area contributed by atoms with E-state index in [1.54, 1.807) is 0 Å². The van der Waals surface area contributed by atoms with E-state index in [1.165, 1.54) is 118 Å². The molecule has 0 spiro atoms. The van der Waals surface area contributed by atoms with Crippen molar-refractivity contribution < 1.29 is 4.42 Å². The van der Waals surface area contributed by atoms with Crippen molar-refractivity contribution in [2.75, 3.05) is 4.81 Å². The molecule has 0 radical (unpaired) electrons. The van der Waals surface area contributed by atoms with Crippen LogP contribution >= 0.6 is 0 Å². The highest BCUT2D eigenvalue weighted by Crippen LogP contribution is 2.49. The molecule has 0 bridgehead atoms. The molecule has 0 saturated heterocycles. The van der Waals surface area contributed by atoms with Gasteiger partial charge in [-0.05, 0) is 112 Å². The molecule has 14 rings (SSSR count). The van der Waals surface area contributed by atoms with E-state index < -0.39 is 0 Å². The first kappa shape index (κ1) is 35.8. The average Bonchev–Trinajstić information content (AvgIpc) is 4.01. The number of anilines is 2. The van der Waals surface area contributed by atoms with Crippen molar-refractivity contribution in [2.45, 2.75) is 32.6 Å². The zero-order chi connectivity index (χ0) is 42.0. The molecule has 0 atom stereocenters. The number of fused-ring (bicyclic) bond motifs is 14. The number of unbranched alkanes of at least 4 members (excludes halogenated alkanes) is 2. The number of furan rings is 1. The van der Waals surface area contributed by atoms with Crippen LogP contribution in [0.3, 0.4) is 0 Å². The van der Waals surface area contributed by atoms with Crippen LogP contribution in [0.4, 0.5) is 11.4 Å². The summed E-state index contributed by atoms with van der Waals surface area (Å²) in [6.45, 7) is 2.04. The molecular weight excluding hydrogens is 777 g/mol. The molecule has 0 unspecified atom stereocenters. The van der Waals surface area contributed by atoms with Crippen LogP contribution < -0.4 is 15.9 Å². The minimum Gasteiger partial charge on any atom is -0.466 e. The number of hydrogen-bond donors (Lipinski definition) is 0. The van der Waals surface area contributed by atoms with E-state index in [-0.39, 0.29) is 6.85 Å². The first-order valence-corrected chi connectivity index (χ1v) is 22.9. The van der Waals surface area contributed by atoms with Crippen LogP contribution in [0, 0.1) is 0 Å². The van der Waals surface area contributed by atoms with Gasteiger partial charge in [0.1, 0.15) is 11.2 Å². The van der Waals surface area contributed by atoms with Gasteiger partial charge in [-0.15, -0.1) is 0 Å². The first-order valence-electron chi connectivity index (χ1n) is 22.9. The minimum atomic E-state index is -0.237. The normalized spacial score (nSPS) is 13.0. The van der Waals surface area contributed by atoms with Gasteiger partial charge in [-0.1, -0.05) is 147 Å². The van der Waals surface area contributed by atoms with E-state index in [4.69, 9.17) is 4.42 Å². The molecule has 0 aliphatic carbocycles. The average molecular weight is 820 g/mol. The lowest BCUT2D eigenvalue weighted by atomic mass is 9.46. The number of rotatable bonds is 7. The maximum Gasteiger partial charge on any atom is 0.375 e. The number of para-hydroxylation sites is 3. The first-order chi connectivity index (χ1) is 31.7. The number of hydrogen-bond acceptors (Lipinski definition) is 2. The van der Waals surface area contributed by atoms with E-state index in [2.05, 4.69) is 209 Å². The predicted molar refractivity (Wildman–Crippen MR) is 270 cm³/mol. The molecule has 302 valence electrons. The van der Waals surface area contributed by atoms with Gasteiger partial charge in [0, 0.05) is 43.9 Å². The Balaban J connectivity index is 1.17. The van der Waals surface area contributed by atoms with Gasteiger partial charge < -0.3 is 18.4 Å². The zero-order valence-electron chi connectivity index (χ0n) is 35.6. The van der Waals surface area contributed by atoms with Crippen molar-refractivity contribution in [1.82, 2.24) is 9.13 Å². The summed E-state index contributed by atoms with van der Waals surface area (Å²) in [5.41, 5.74) is 18.8. The lowest BCUT2D eigenvalue weighted by Crippen LogP contribution is -2.60. The molecule has 2 aliphatic rings. The van der Waals surface area contributed by atoms with Crippen LogP contribution in [0.1, 0.15) is 31.7 Å². The van der Waals surface area contributed by atoms with Crippen LogP contribution in [0.15, 0.2) is 192 Å². The molecule has 9 aromatic carbocycles. The van der Waals surface area contributed by atoms with Crippen molar-refractivity contribution in [3.8, 4) is 33.6 Å². The molecule has 0 amide bonds. The van der Waals surface area contributed by atoms with Gasteiger partial charge in [-0.3, -0.25) is 0 Å². The summed E-state index contributed by atoms with van der Waals surface area (Å²) < 4.78 is 12.5. The van der Waals surface area contributed by atoms with Crippen LogP contribution in [-0.2, 0) is 6.42 Å². The van der Waals surface area contributed by atoms with Gasteiger partial charge in [0.05, 0.1) is 33.4 Å². The Hall–Kier alpha value is -7.76. The van der Waals surface area contributed by atoms with Gasteiger partial charge in [-0.25, -0.2) is 0 Å². The van der Waals surface area contributed by atoms with E-state index in [1.807, 2.05) is 0 Å². The monoisotopic (exact) mass is 819 g/mol. The Kier molecular flexibility index (Phi) is 7.62. The van der Waals surface area contributed by atoms with E-state index in [9.17, 15) is 0 Å². The Morgan fingerprint density at radius 2 is 1.20 bits per heavy atom. The highest BCUT2D eigenvalue weighted by Gasteiger charge is 2.48. The Bertz CT molecular complexity index is 3820. The molecule has 12 aromatic rings. The SMILES string of the molecule is CCCCCc1ccc(N2B3c4oc5ccc(-c6ccccc6)cc5c4-n4c5cc6ccccc6cc5c5c(-n6c7ccccc7c7ccccc76)cc(c3c54)-c3ccccc32)cc1. The third-order valence-corrected chi connectivity index (χ3v) is 14.3. The molecule has 2 aliphatic heterocycles. The Morgan fingerprint density at radius 3 is 1.98 bits per heavy atom. The quantitative estimate of drug-likeness (QED) is 0.118. The second-order valence-electron chi connectivity index (χ2n) is 17.8.